The van der Waals surface area contributed by atoms with Gasteiger partial charge in [-0.15, -0.1) is 0 Å². The van der Waals surface area contributed by atoms with E-state index in [1.54, 1.807) is 0 Å². The Kier molecular flexibility index (Phi) is 6.42. The molecule has 1 fully saturated rings. The number of halogens is 1. The van der Waals surface area contributed by atoms with E-state index in [1.165, 1.54) is 11.1 Å². The van der Waals surface area contributed by atoms with Crippen molar-refractivity contribution in [2.75, 3.05) is 0 Å². The zero-order valence-corrected chi connectivity index (χ0v) is 19.6. The Morgan fingerprint density at radius 2 is 1.34 bits per heavy atom. The van der Waals surface area contributed by atoms with Gasteiger partial charge in [-0.25, -0.2) is 4.79 Å². The van der Waals surface area contributed by atoms with Crippen LogP contribution in [-0.2, 0) is 5.41 Å². The molecule has 166 valence electrons. The van der Waals surface area contributed by atoms with Gasteiger partial charge >= 0.3 is 6.09 Å². The normalized spacial score (nSPS) is 17.8. The first-order valence-electron chi connectivity index (χ1n) is 10.6. The topological polar surface area (TPSA) is 67.8 Å². The van der Waals surface area contributed by atoms with Crippen molar-refractivity contribution in [1.29, 1.82) is 0 Å². The van der Waals surface area contributed by atoms with Crippen LogP contribution in [0.2, 0.25) is 0 Å². The summed E-state index contributed by atoms with van der Waals surface area (Å²) in [7, 11) is 0. The van der Waals surface area contributed by atoms with E-state index in [9.17, 15) is 4.79 Å². The van der Waals surface area contributed by atoms with E-state index < -0.39 is 6.09 Å². The van der Waals surface area contributed by atoms with Crippen LogP contribution in [-0.4, -0.2) is 23.3 Å². The summed E-state index contributed by atoms with van der Waals surface area (Å²) in [4.78, 5) is 10.7. The van der Waals surface area contributed by atoms with Gasteiger partial charge in [-0.2, -0.15) is 0 Å². The molecule has 6 heteroatoms. The summed E-state index contributed by atoms with van der Waals surface area (Å²) in [5.41, 5.74) is 2.20. The minimum Gasteiger partial charge on any atom is -0.490 e. The SMILES string of the molecule is CC(C)(c1ccc(Oc2ccc(Br)cc2)cc1)c1ccc(O[C@H]2C[C@H](NC(=O)O)C2)cc1. The maximum absolute atomic E-state index is 10.7. The zero-order valence-electron chi connectivity index (χ0n) is 18.0. The molecule has 4 rings (SSSR count). The molecule has 0 radical (unpaired) electrons. The minimum atomic E-state index is -0.979. The van der Waals surface area contributed by atoms with Crippen LogP contribution in [0.15, 0.2) is 77.3 Å². The van der Waals surface area contributed by atoms with Gasteiger partial charge in [-0.1, -0.05) is 54.0 Å². The van der Waals surface area contributed by atoms with Gasteiger partial charge in [-0.3, -0.25) is 0 Å². The zero-order chi connectivity index (χ0) is 22.7. The Morgan fingerprint density at radius 3 is 1.84 bits per heavy atom. The number of amides is 1. The van der Waals surface area contributed by atoms with E-state index in [0.717, 1.165) is 21.7 Å². The van der Waals surface area contributed by atoms with E-state index in [0.29, 0.717) is 12.8 Å². The van der Waals surface area contributed by atoms with Crippen LogP contribution < -0.4 is 14.8 Å². The van der Waals surface area contributed by atoms with Gasteiger partial charge in [-0.05, 0) is 59.7 Å². The summed E-state index contributed by atoms with van der Waals surface area (Å²) in [6.07, 6.45) is 0.486. The Hall–Kier alpha value is -2.99. The van der Waals surface area contributed by atoms with Gasteiger partial charge in [0.1, 0.15) is 23.4 Å². The van der Waals surface area contributed by atoms with Gasteiger partial charge in [0.2, 0.25) is 0 Å². The van der Waals surface area contributed by atoms with Crippen LogP contribution in [0.1, 0.15) is 37.8 Å². The maximum atomic E-state index is 10.7. The molecule has 1 amide bonds. The van der Waals surface area contributed by atoms with Crippen molar-refractivity contribution in [2.45, 2.75) is 44.2 Å². The van der Waals surface area contributed by atoms with Crippen LogP contribution in [0.4, 0.5) is 4.79 Å². The highest BCUT2D eigenvalue weighted by Crippen LogP contribution is 2.35. The highest BCUT2D eigenvalue weighted by atomic mass is 79.9. The molecule has 3 aromatic carbocycles. The fourth-order valence-electron chi connectivity index (χ4n) is 3.84. The molecule has 0 heterocycles. The first-order valence-corrected chi connectivity index (χ1v) is 11.4. The second kappa shape index (κ2) is 9.25. The molecule has 1 saturated carbocycles. The summed E-state index contributed by atoms with van der Waals surface area (Å²) < 4.78 is 12.9. The second-order valence-corrected chi connectivity index (χ2v) is 9.50. The van der Waals surface area contributed by atoms with Crippen molar-refractivity contribution in [2.24, 2.45) is 0 Å². The van der Waals surface area contributed by atoms with Crippen LogP contribution >= 0.6 is 15.9 Å². The number of hydrogen-bond donors (Lipinski definition) is 2. The fraction of sp³-hybridized carbons (Fsp3) is 0.269. The van der Waals surface area contributed by atoms with Crippen molar-refractivity contribution >= 4 is 22.0 Å². The molecular weight excluding hydrogens is 470 g/mol. The van der Waals surface area contributed by atoms with E-state index >= 15 is 0 Å². The molecule has 0 unspecified atom stereocenters. The average molecular weight is 496 g/mol. The Bertz CT molecular complexity index is 1060. The molecule has 5 nitrogen and oxygen atoms in total. The highest BCUT2D eigenvalue weighted by Gasteiger charge is 2.32. The molecule has 1 aliphatic carbocycles. The summed E-state index contributed by atoms with van der Waals surface area (Å²) in [5, 5.41) is 11.2. The lowest BCUT2D eigenvalue weighted by Crippen LogP contribution is -2.48. The first kappa shape index (κ1) is 22.2. The summed E-state index contributed by atoms with van der Waals surface area (Å²) in [6.45, 7) is 4.39. The molecular formula is C26H26BrNO4. The Morgan fingerprint density at radius 1 is 0.875 bits per heavy atom. The largest absolute Gasteiger partial charge is 0.490 e. The molecule has 0 saturated heterocycles. The maximum Gasteiger partial charge on any atom is 0.404 e. The standard InChI is InChI=1S/C26H26BrNO4/c1-26(2,17-3-9-21(10-4-17)31-23-13-7-19(27)8-14-23)18-5-11-22(12-6-18)32-24-15-20(16-24)28-25(29)30/h3-14,20,24,28H,15-16H2,1-2H3,(H,29,30)/t20-,24-. The number of carboxylic acid groups (broad SMARTS) is 1. The van der Waals surface area contributed by atoms with Crippen molar-refractivity contribution in [1.82, 2.24) is 5.32 Å². The first-order chi connectivity index (χ1) is 15.3. The van der Waals surface area contributed by atoms with E-state index in [-0.39, 0.29) is 17.6 Å². The lowest BCUT2D eigenvalue weighted by Gasteiger charge is -2.35. The third-order valence-electron chi connectivity index (χ3n) is 5.93. The lowest BCUT2D eigenvalue weighted by molar-refractivity contribution is 0.0833. The van der Waals surface area contributed by atoms with Gasteiger partial charge in [0.05, 0.1) is 0 Å². The molecule has 1 aliphatic rings. The molecule has 0 atom stereocenters. The number of benzene rings is 3. The smallest absolute Gasteiger partial charge is 0.404 e. The van der Waals surface area contributed by atoms with Gasteiger partial charge in [0, 0.05) is 28.8 Å². The monoisotopic (exact) mass is 495 g/mol. The van der Waals surface area contributed by atoms with E-state index in [4.69, 9.17) is 14.6 Å². The van der Waals surface area contributed by atoms with E-state index in [1.807, 2.05) is 48.5 Å². The molecule has 2 N–H and O–H groups in total. The van der Waals surface area contributed by atoms with Gasteiger partial charge in [0.15, 0.2) is 0 Å². The van der Waals surface area contributed by atoms with Crippen LogP contribution in [0.5, 0.6) is 17.2 Å². The van der Waals surface area contributed by atoms with Crippen molar-refractivity contribution < 1.29 is 19.4 Å². The quantitative estimate of drug-likeness (QED) is 0.380. The Balaban J connectivity index is 1.37. The van der Waals surface area contributed by atoms with Crippen molar-refractivity contribution in [3.05, 3.63) is 88.4 Å². The predicted octanol–water partition coefficient (Wildman–Crippen LogP) is 6.74. The summed E-state index contributed by atoms with van der Waals surface area (Å²) in [6, 6.07) is 24.1. The highest BCUT2D eigenvalue weighted by molar-refractivity contribution is 9.10. The van der Waals surface area contributed by atoms with Crippen molar-refractivity contribution in [3.63, 3.8) is 0 Å². The number of carbonyl (C=O) groups is 1. The van der Waals surface area contributed by atoms with Crippen molar-refractivity contribution in [3.8, 4) is 17.2 Å². The third kappa shape index (κ3) is 5.25. The summed E-state index contributed by atoms with van der Waals surface area (Å²) >= 11 is 3.43. The number of rotatable bonds is 7. The molecule has 32 heavy (non-hydrogen) atoms. The minimum absolute atomic E-state index is 0.00794. The molecule has 0 bridgehead atoms. The number of nitrogens with one attached hydrogen (secondary N) is 1. The third-order valence-corrected chi connectivity index (χ3v) is 6.46. The number of hydrogen-bond acceptors (Lipinski definition) is 3. The number of ether oxygens (including phenoxy) is 2. The average Bonchev–Trinajstić information content (AvgIpc) is 2.74. The second-order valence-electron chi connectivity index (χ2n) is 8.59. The molecule has 3 aromatic rings. The van der Waals surface area contributed by atoms with Gasteiger partial charge in [0.25, 0.3) is 0 Å². The van der Waals surface area contributed by atoms with E-state index in [2.05, 4.69) is 59.4 Å². The molecule has 0 spiro atoms. The lowest BCUT2D eigenvalue weighted by atomic mass is 9.78. The molecule has 0 aromatic heterocycles. The van der Waals surface area contributed by atoms with Crippen LogP contribution in [0.25, 0.3) is 0 Å². The van der Waals surface area contributed by atoms with Crippen LogP contribution in [0.3, 0.4) is 0 Å². The van der Waals surface area contributed by atoms with Gasteiger partial charge < -0.3 is 19.9 Å². The predicted molar refractivity (Wildman–Crippen MR) is 128 cm³/mol. The van der Waals surface area contributed by atoms with Crippen LogP contribution in [0, 0.1) is 0 Å². The molecule has 0 aliphatic heterocycles. The Labute approximate surface area is 196 Å². The summed E-state index contributed by atoms with van der Waals surface area (Å²) in [5.74, 6) is 2.40. The fourth-order valence-corrected chi connectivity index (χ4v) is 4.11.